The lowest BCUT2D eigenvalue weighted by molar-refractivity contribution is 0.355. The lowest BCUT2D eigenvalue weighted by Crippen LogP contribution is -2.06. The van der Waals surface area contributed by atoms with Gasteiger partial charge in [-0.3, -0.25) is 4.68 Å². The maximum atomic E-state index is 5.96. The predicted molar refractivity (Wildman–Crippen MR) is 74.4 cm³/mol. The Morgan fingerprint density at radius 1 is 1.26 bits per heavy atom. The predicted octanol–water partition coefficient (Wildman–Crippen LogP) is 2.12. The van der Waals surface area contributed by atoms with Gasteiger partial charge in [0, 0.05) is 30.4 Å². The normalized spacial score (nSPS) is 12.3. The number of nitrogens with two attached hydrogens (primary N) is 1. The molecule has 1 atom stereocenters. The molecule has 102 valence electrons. The summed E-state index contributed by atoms with van der Waals surface area (Å²) in [6.07, 6.45) is 3.73. The molecule has 0 fully saturated rings. The van der Waals surface area contributed by atoms with Crippen LogP contribution >= 0.6 is 0 Å². The van der Waals surface area contributed by atoms with Crippen LogP contribution < -0.4 is 15.2 Å². The van der Waals surface area contributed by atoms with Crippen LogP contribution in [0.25, 0.3) is 11.1 Å². The number of aromatic nitrogens is 2. The van der Waals surface area contributed by atoms with E-state index in [1.807, 2.05) is 32.3 Å². The van der Waals surface area contributed by atoms with Crippen LogP contribution in [-0.4, -0.2) is 24.0 Å². The first-order valence-electron chi connectivity index (χ1n) is 6.07. The van der Waals surface area contributed by atoms with Gasteiger partial charge in [-0.05, 0) is 24.6 Å². The molecular weight excluding hydrogens is 242 g/mol. The number of hydrogen-bond donors (Lipinski definition) is 1. The van der Waals surface area contributed by atoms with E-state index < -0.39 is 0 Å². The van der Waals surface area contributed by atoms with E-state index in [2.05, 4.69) is 5.10 Å². The lowest BCUT2D eigenvalue weighted by atomic mass is 10.0. The number of ether oxygens (including phenoxy) is 2. The minimum atomic E-state index is -0.0739. The zero-order valence-corrected chi connectivity index (χ0v) is 11.7. The second-order valence-corrected chi connectivity index (χ2v) is 4.50. The van der Waals surface area contributed by atoms with Crippen LogP contribution in [0.1, 0.15) is 18.5 Å². The highest BCUT2D eigenvalue weighted by Gasteiger charge is 2.16. The molecule has 2 N–H and O–H groups in total. The fourth-order valence-electron chi connectivity index (χ4n) is 2.02. The molecule has 0 radical (unpaired) electrons. The summed E-state index contributed by atoms with van der Waals surface area (Å²) in [6.45, 7) is 1.94. The van der Waals surface area contributed by atoms with Gasteiger partial charge in [0.25, 0.3) is 0 Å². The first-order valence-corrected chi connectivity index (χ1v) is 6.07. The molecule has 0 saturated heterocycles. The summed E-state index contributed by atoms with van der Waals surface area (Å²) in [4.78, 5) is 0. The van der Waals surface area contributed by atoms with E-state index in [4.69, 9.17) is 15.2 Å². The van der Waals surface area contributed by atoms with Gasteiger partial charge in [0.05, 0.1) is 20.4 Å². The quantitative estimate of drug-likeness (QED) is 0.915. The first kappa shape index (κ1) is 13.4. The average Bonchev–Trinajstić information content (AvgIpc) is 2.83. The number of nitrogens with zero attached hydrogens (tertiary/aromatic N) is 2. The third kappa shape index (κ3) is 2.56. The molecule has 1 aromatic carbocycles. The Hall–Kier alpha value is -2.01. The van der Waals surface area contributed by atoms with Gasteiger partial charge < -0.3 is 15.2 Å². The van der Waals surface area contributed by atoms with E-state index in [0.717, 1.165) is 16.7 Å². The molecule has 0 amide bonds. The molecule has 5 nitrogen and oxygen atoms in total. The van der Waals surface area contributed by atoms with Gasteiger partial charge in [-0.2, -0.15) is 5.10 Å². The summed E-state index contributed by atoms with van der Waals surface area (Å²) in [5.74, 6) is 1.37. The smallest absolute Gasteiger partial charge is 0.168 e. The molecule has 0 bridgehead atoms. The molecule has 1 heterocycles. The van der Waals surface area contributed by atoms with Crippen molar-refractivity contribution in [3.8, 4) is 22.6 Å². The van der Waals surface area contributed by atoms with Crippen molar-refractivity contribution in [3.63, 3.8) is 0 Å². The molecule has 5 heteroatoms. The Balaban J connectivity index is 2.65. The van der Waals surface area contributed by atoms with E-state index in [1.165, 1.54) is 0 Å². The zero-order chi connectivity index (χ0) is 14.0. The van der Waals surface area contributed by atoms with Crippen molar-refractivity contribution in [3.05, 3.63) is 30.1 Å². The van der Waals surface area contributed by atoms with Gasteiger partial charge in [-0.15, -0.1) is 0 Å². The summed E-state index contributed by atoms with van der Waals surface area (Å²) >= 11 is 0. The van der Waals surface area contributed by atoms with Crippen molar-refractivity contribution in [2.75, 3.05) is 14.2 Å². The summed E-state index contributed by atoms with van der Waals surface area (Å²) in [6, 6.07) is 3.85. The molecule has 0 aliphatic heterocycles. The average molecular weight is 261 g/mol. The van der Waals surface area contributed by atoms with Gasteiger partial charge in [0.1, 0.15) is 0 Å². The van der Waals surface area contributed by atoms with Crippen molar-refractivity contribution in [2.24, 2.45) is 12.8 Å². The molecule has 19 heavy (non-hydrogen) atoms. The van der Waals surface area contributed by atoms with Crippen molar-refractivity contribution in [2.45, 2.75) is 13.0 Å². The van der Waals surface area contributed by atoms with Crippen LogP contribution in [0.4, 0.5) is 0 Å². The van der Waals surface area contributed by atoms with Gasteiger partial charge in [0.15, 0.2) is 11.5 Å². The van der Waals surface area contributed by atoms with E-state index in [0.29, 0.717) is 11.5 Å². The number of benzene rings is 1. The monoisotopic (exact) mass is 261 g/mol. The SMILES string of the molecule is COc1cc(C(C)N)cc(-c2cnn(C)c2)c1OC. The highest BCUT2D eigenvalue weighted by Crippen LogP contribution is 2.40. The van der Waals surface area contributed by atoms with E-state index in [9.17, 15) is 0 Å². The van der Waals surface area contributed by atoms with Crippen LogP contribution in [0, 0.1) is 0 Å². The van der Waals surface area contributed by atoms with Crippen LogP contribution in [0.5, 0.6) is 11.5 Å². The molecule has 0 aliphatic carbocycles. The molecule has 0 aliphatic rings. The minimum absolute atomic E-state index is 0.0739. The topological polar surface area (TPSA) is 62.3 Å². The Bertz CT molecular complexity index is 576. The van der Waals surface area contributed by atoms with Gasteiger partial charge in [-0.1, -0.05) is 0 Å². The first-order chi connectivity index (χ1) is 9.06. The Morgan fingerprint density at radius 2 is 2.00 bits per heavy atom. The Labute approximate surface area is 112 Å². The van der Waals surface area contributed by atoms with E-state index >= 15 is 0 Å². The fourth-order valence-corrected chi connectivity index (χ4v) is 2.02. The summed E-state index contributed by atoms with van der Waals surface area (Å²) in [7, 11) is 5.13. The maximum absolute atomic E-state index is 5.96. The van der Waals surface area contributed by atoms with Gasteiger partial charge >= 0.3 is 0 Å². The van der Waals surface area contributed by atoms with Crippen LogP contribution in [-0.2, 0) is 7.05 Å². The minimum Gasteiger partial charge on any atom is -0.493 e. The largest absolute Gasteiger partial charge is 0.493 e. The second-order valence-electron chi connectivity index (χ2n) is 4.50. The molecule has 0 saturated carbocycles. The van der Waals surface area contributed by atoms with Crippen molar-refractivity contribution >= 4 is 0 Å². The van der Waals surface area contributed by atoms with E-state index in [-0.39, 0.29) is 6.04 Å². The summed E-state index contributed by atoms with van der Waals surface area (Å²) < 4.78 is 12.6. The molecule has 1 unspecified atom stereocenters. The number of rotatable bonds is 4. The number of hydrogen-bond acceptors (Lipinski definition) is 4. The second kappa shape index (κ2) is 5.32. The highest BCUT2D eigenvalue weighted by molar-refractivity contribution is 5.74. The highest BCUT2D eigenvalue weighted by atomic mass is 16.5. The molecule has 0 spiro atoms. The standard InChI is InChI=1S/C14H19N3O2/c1-9(15)10-5-12(11-7-16-17(2)8-11)14(19-4)13(6-10)18-3/h5-9H,15H2,1-4H3. The van der Waals surface area contributed by atoms with Crippen LogP contribution in [0.2, 0.25) is 0 Å². The third-order valence-electron chi connectivity index (χ3n) is 3.04. The zero-order valence-electron chi connectivity index (χ0n) is 11.7. The van der Waals surface area contributed by atoms with Gasteiger partial charge in [-0.25, -0.2) is 0 Å². The molecule has 2 rings (SSSR count). The molecule has 2 aromatic rings. The maximum Gasteiger partial charge on any atom is 0.168 e. The summed E-state index contributed by atoms with van der Waals surface area (Å²) in [5, 5.41) is 4.19. The van der Waals surface area contributed by atoms with Crippen molar-refractivity contribution in [1.29, 1.82) is 0 Å². The number of aryl methyl sites for hydroxylation is 1. The van der Waals surface area contributed by atoms with Crippen LogP contribution in [0.15, 0.2) is 24.5 Å². The van der Waals surface area contributed by atoms with Gasteiger partial charge in [0.2, 0.25) is 0 Å². The Morgan fingerprint density at radius 3 is 2.47 bits per heavy atom. The number of methoxy groups -OCH3 is 2. The van der Waals surface area contributed by atoms with E-state index in [1.54, 1.807) is 25.1 Å². The van der Waals surface area contributed by atoms with Crippen molar-refractivity contribution < 1.29 is 9.47 Å². The fraction of sp³-hybridized carbons (Fsp3) is 0.357. The van der Waals surface area contributed by atoms with Crippen molar-refractivity contribution in [1.82, 2.24) is 9.78 Å². The third-order valence-corrected chi connectivity index (χ3v) is 3.04. The Kier molecular flexibility index (Phi) is 3.76. The lowest BCUT2D eigenvalue weighted by Gasteiger charge is -2.16. The molecule has 1 aromatic heterocycles. The molecular formula is C14H19N3O2. The van der Waals surface area contributed by atoms with Crippen LogP contribution in [0.3, 0.4) is 0 Å². The summed E-state index contributed by atoms with van der Waals surface area (Å²) in [5.41, 5.74) is 8.87.